The summed E-state index contributed by atoms with van der Waals surface area (Å²) in [7, 11) is -3.39. The molecule has 0 spiro atoms. The van der Waals surface area contributed by atoms with Gasteiger partial charge in [0.25, 0.3) is 0 Å². The van der Waals surface area contributed by atoms with Gasteiger partial charge in [-0.3, -0.25) is 4.79 Å². The molecule has 1 aliphatic rings. The average Bonchev–Trinajstić information content (AvgIpc) is 2.73. The van der Waals surface area contributed by atoms with Gasteiger partial charge in [-0.2, -0.15) is 0 Å². The number of aryl methyl sites for hydroxylation is 2. The first-order valence-corrected chi connectivity index (χ1v) is 12.4. The molecule has 1 fully saturated rings. The number of hydrogen-bond acceptors (Lipinski definition) is 4. The lowest BCUT2D eigenvalue weighted by Crippen LogP contribution is -2.46. The van der Waals surface area contributed by atoms with Crippen LogP contribution >= 0.6 is 0 Å². The van der Waals surface area contributed by atoms with Gasteiger partial charge in [-0.15, -0.1) is 0 Å². The highest BCUT2D eigenvalue weighted by molar-refractivity contribution is 7.88. The van der Waals surface area contributed by atoms with E-state index in [2.05, 4.69) is 5.32 Å². The molecule has 1 N–H and O–H groups in total. The zero-order valence-electron chi connectivity index (χ0n) is 18.5. The van der Waals surface area contributed by atoms with Crippen LogP contribution in [0.5, 0.6) is 5.75 Å². The minimum atomic E-state index is -3.39. The zero-order chi connectivity index (χ0) is 22.4. The molecule has 0 aromatic heterocycles. The molecular formula is C24H32N2O4S. The van der Waals surface area contributed by atoms with E-state index >= 15 is 0 Å². The van der Waals surface area contributed by atoms with Gasteiger partial charge in [-0.1, -0.05) is 47.5 Å². The largest absolute Gasteiger partial charge is 0.491 e. The van der Waals surface area contributed by atoms with Crippen molar-refractivity contribution in [3.8, 4) is 5.75 Å². The molecule has 3 rings (SSSR count). The molecular weight excluding hydrogens is 412 g/mol. The summed E-state index contributed by atoms with van der Waals surface area (Å²) < 4.78 is 32.8. The van der Waals surface area contributed by atoms with Gasteiger partial charge < -0.3 is 10.1 Å². The van der Waals surface area contributed by atoms with Crippen LogP contribution in [-0.4, -0.2) is 44.4 Å². The van der Waals surface area contributed by atoms with Gasteiger partial charge in [0.05, 0.1) is 11.8 Å². The molecule has 0 bridgehead atoms. The third-order valence-electron chi connectivity index (χ3n) is 5.56. The van der Waals surface area contributed by atoms with Gasteiger partial charge in [0.1, 0.15) is 12.4 Å². The number of hydrogen-bond donors (Lipinski definition) is 1. The molecule has 6 nitrogen and oxygen atoms in total. The lowest BCUT2D eigenvalue weighted by molar-refractivity contribution is -0.126. The minimum Gasteiger partial charge on any atom is -0.491 e. The Morgan fingerprint density at radius 2 is 1.77 bits per heavy atom. The van der Waals surface area contributed by atoms with Crippen LogP contribution in [0.3, 0.4) is 0 Å². The highest BCUT2D eigenvalue weighted by Gasteiger charge is 2.31. The van der Waals surface area contributed by atoms with Gasteiger partial charge in [0.2, 0.25) is 15.9 Å². The van der Waals surface area contributed by atoms with Crippen LogP contribution in [0.4, 0.5) is 0 Å². The molecule has 168 valence electrons. The van der Waals surface area contributed by atoms with E-state index in [9.17, 15) is 13.2 Å². The zero-order valence-corrected chi connectivity index (χ0v) is 19.3. The van der Waals surface area contributed by atoms with Crippen molar-refractivity contribution in [2.45, 2.75) is 45.4 Å². The van der Waals surface area contributed by atoms with Gasteiger partial charge in [-0.25, -0.2) is 12.7 Å². The van der Waals surface area contributed by atoms with Crippen LogP contribution in [0.25, 0.3) is 0 Å². The molecule has 31 heavy (non-hydrogen) atoms. The summed E-state index contributed by atoms with van der Waals surface area (Å²) in [5.41, 5.74) is 3.01. The van der Waals surface area contributed by atoms with Gasteiger partial charge in [0, 0.05) is 19.0 Å². The third kappa shape index (κ3) is 6.80. The topological polar surface area (TPSA) is 75.7 Å². The molecule has 0 unspecified atom stereocenters. The van der Waals surface area contributed by atoms with E-state index in [0.29, 0.717) is 32.5 Å². The second kappa shape index (κ2) is 10.3. The summed E-state index contributed by atoms with van der Waals surface area (Å²) in [6.07, 6.45) is 1.06. The quantitative estimate of drug-likeness (QED) is 0.677. The molecule has 1 saturated heterocycles. The highest BCUT2D eigenvalue weighted by Crippen LogP contribution is 2.22. The van der Waals surface area contributed by atoms with Crippen LogP contribution in [0.2, 0.25) is 0 Å². The first-order valence-electron chi connectivity index (χ1n) is 10.8. The Hall–Kier alpha value is -2.38. The van der Waals surface area contributed by atoms with Crippen LogP contribution in [0, 0.1) is 19.8 Å². The summed E-state index contributed by atoms with van der Waals surface area (Å²) in [5, 5.41) is 3.00. The monoisotopic (exact) mass is 444 g/mol. The number of nitrogens with zero attached hydrogens (tertiary/aromatic N) is 1. The molecule has 7 heteroatoms. The number of carbonyl (C=O) groups is 1. The van der Waals surface area contributed by atoms with Gasteiger partial charge in [-0.05, 0) is 51.3 Å². The van der Waals surface area contributed by atoms with Gasteiger partial charge >= 0.3 is 0 Å². The standard InChI is InChI=1S/C24H32N2O4S/c1-18-7-9-23(10-8-18)30-16-20(3)25-24(27)22-11-13-26(14-12-22)31(28,29)17-21-6-4-5-19(2)15-21/h4-10,15,20,22H,11-14,16-17H2,1-3H3,(H,25,27)/t20-/m0/s1. The molecule has 1 aliphatic heterocycles. The molecule has 0 aliphatic carbocycles. The lowest BCUT2D eigenvalue weighted by atomic mass is 9.97. The van der Waals surface area contributed by atoms with E-state index < -0.39 is 10.0 Å². The number of piperidine rings is 1. The fourth-order valence-electron chi connectivity index (χ4n) is 3.76. The first-order chi connectivity index (χ1) is 14.7. The number of ether oxygens (including phenoxy) is 1. The maximum absolute atomic E-state index is 12.8. The van der Waals surface area contributed by atoms with E-state index in [-0.39, 0.29) is 23.6 Å². The van der Waals surface area contributed by atoms with E-state index in [1.54, 1.807) is 0 Å². The van der Waals surface area contributed by atoms with Crippen LogP contribution < -0.4 is 10.1 Å². The van der Waals surface area contributed by atoms with E-state index in [1.165, 1.54) is 9.87 Å². The highest BCUT2D eigenvalue weighted by atomic mass is 32.2. The normalized spacial score (nSPS) is 16.6. The van der Waals surface area contributed by atoms with Crippen molar-refractivity contribution < 1.29 is 17.9 Å². The molecule has 2 aromatic rings. The second-order valence-electron chi connectivity index (χ2n) is 8.45. The second-order valence-corrected chi connectivity index (χ2v) is 10.4. The number of amides is 1. The maximum Gasteiger partial charge on any atom is 0.223 e. The summed E-state index contributed by atoms with van der Waals surface area (Å²) >= 11 is 0. The Labute approximate surface area is 185 Å². The summed E-state index contributed by atoms with van der Waals surface area (Å²) in [4.78, 5) is 12.6. The van der Waals surface area contributed by atoms with Crippen molar-refractivity contribution in [3.05, 3.63) is 65.2 Å². The Balaban J connectivity index is 1.44. The number of nitrogens with one attached hydrogen (secondary N) is 1. The van der Waals surface area contributed by atoms with Crippen molar-refractivity contribution in [3.63, 3.8) is 0 Å². The Kier molecular flexibility index (Phi) is 7.73. The van der Waals surface area contributed by atoms with Crippen LogP contribution in [0.1, 0.15) is 36.5 Å². The maximum atomic E-state index is 12.8. The smallest absolute Gasteiger partial charge is 0.223 e. The first kappa shape index (κ1) is 23.3. The molecule has 0 saturated carbocycles. The Morgan fingerprint density at radius 1 is 1.10 bits per heavy atom. The molecule has 1 atom stereocenters. The predicted molar refractivity (Wildman–Crippen MR) is 122 cm³/mol. The number of benzene rings is 2. The lowest BCUT2D eigenvalue weighted by Gasteiger charge is -2.31. The van der Waals surface area contributed by atoms with E-state index in [4.69, 9.17) is 4.74 Å². The van der Waals surface area contributed by atoms with E-state index in [1.807, 2.05) is 69.3 Å². The minimum absolute atomic E-state index is 0.00106. The number of carbonyl (C=O) groups excluding carboxylic acids is 1. The SMILES string of the molecule is Cc1ccc(OC[C@H](C)NC(=O)C2CCN(S(=O)(=O)Cc3cccc(C)c3)CC2)cc1. The van der Waals surface area contributed by atoms with Crippen molar-refractivity contribution in [2.24, 2.45) is 5.92 Å². The molecule has 2 aromatic carbocycles. The summed E-state index contributed by atoms with van der Waals surface area (Å²) in [6.45, 7) is 7.02. The molecule has 1 heterocycles. The average molecular weight is 445 g/mol. The van der Waals surface area contributed by atoms with Crippen molar-refractivity contribution in [2.75, 3.05) is 19.7 Å². The van der Waals surface area contributed by atoms with Gasteiger partial charge in [0.15, 0.2) is 0 Å². The number of sulfonamides is 1. The van der Waals surface area contributed by atoms with Crippen molar-refractivity contribution in [1.29, 1.82) is 0 Å². The fourth-order valence-corrected chi connectivity index (χ4v) is 5.31. The van der Waals surface area contributed by atoms with E-state index in [0.717, 1.165) is 16.9 Å². The molecule has 0 radical (unpaired) electrons. The Morgan fingerprint density at radius 3 is 2.42 bits per heavy atom. The number of rotatable bonds is 8. The summed E-state index contributed by atoms with van der Waals surface area (Å²) in [5.74, 6) is 0.570. The molecule has 1 amide bonds. The predicted octanol–water partition coefficient (Wildman–Crippen LogP) is 3.43. The Bertz CT molecular complexity index is 981. The third-order valence-corrected chi connectivity index (χ3v) is 7.41. The van der Waals surface area contributed by atoms with Crippen LogP contribution in [-0.2, 0) is 20.6 Å². The summed E-state index contributed by atoms with van der Waals surface area (Å²) in [6, 6.07) is 15.2. The van der Waals surface area contributed by atoms with Crippen molar-refractivity contribution in [1.82, 2.24) is 9.62 Å². The van der Waals surface area contributed by atoms with Crippen LogP contribution in [0.15, 0.2) is 48.5 Å². The fraction of sp³-hybridized carbons (Fsp3) is 0.458. The van der Waals surface area contributed by atoms with Crippen molar-refractivity contribution >= 4 is 15.9 Å².